The van der Waals surface area contributed by atoms with Gasteiger partial charge in [0.15, 0.2) is 11.6 Å². The molecule has 0 saturated heterocycles. The van der Waals surface area contributed by atoms with Gasteiger partial charge in [0.2, 0.25) is 0 Å². The van der Waals surface area contributed by atoms with Crippen LogP contribution in [0.3, 0.4) is 0 Å². The van der Waals surface area contributed by atoms with Gasteiger partial charge >= 0.3 is 0 Å². The molecular weight excluding hydrogens is 659 g/mol. The van der Waals surface area contributed by atoms with Crippen LogP contribution in [0.25, 0.3) is 11.4 Å². The molecule has 0 fully saturated rings. The van der Waals surface area contributed by atoms with Crippen LogP contribution in [0.1, 0.15) is 149 Å². The first-order valence-electron chi connectivity index (χ1n) is 18.1. The van der Waals surface area contributed by atoms with Crippen molar-refractivity contribution in [2.75, 3.05) is 0 Å². The largest absolute Gasteiger partial charge is 0.295 e. The Morgan fingerprint density at radius 2 is 0.816 bits per heavy atom. The summed E-state index contributed by atoms with van der Waals surface area (Å²) < 4.78 is 2.90. The van der Waals surface area contributed by atoms with Gasteiger partial charge in [0, 0.05) is 40.7 Å². The first-order valence-corrected chi connectivity index (χ1v) is 18.1. The van der Waals surface area contributed by atoms with Crippen LogP contribution in [-0.4, -0.2) is 31.1 Å². The number of nitrogens with one attached hydrogen (secondary N) is 2. The van der Waals surface area contributed by atoms with Gasteiger partial charge in [0.05, 0.1) is 11.4 Å². The number of aromatic amines is 2. The van der Waals surface area contributed by atoms with E-state index in [-0.39, 0.29) is 39.2 Å². The second kappa shape index (κ2) is 22.8. The van der Waals surface area contributed by atoms with Crippen LogP contribution in [0.4, 0.5) is 0 Å². The van der Waals surface area contributed by atoms with Crippen molar-refractivity contribution in [1.82, 2.24) is 19.6 Å². The molecule has 0 radical (unpaired) electrons. The van der Waals surface area contributed by atoms with E-state index in [1.165, 1.54) is 73.6 Å². The van der Waals surface area contributed by atoms with E-state index in [0.717, 1.165) is 37.1 Å². The van der Waals surface area contributed by atoms with E-state index in [9.17, 15) is 19.2 Å². The minimum atomic E-state index is -0.244. The normalized spacial score (nSPS) is 10.7. The van der Waals surface area contributed by atoms with E-state index in [1.54, 1.807) is 13.8 Å². The average Bonchev–Trinajstić information content (AvgIpc) is 3.57. The fourth-order valence-electron chi connectivity index (χ4n) is 6.00. The third-order valence-electron chi connectivity index (χ3n) is 8.74. The average molecular weight is 716 g/mol. The predicted octanol–water partition coefficient (Wildman–Crippen LogP) is 9.59. The van der Waals surface area contributed by atoms with Crippen LogP contribution < -0.4 is 11.1 Å². The number of ketones is 2. The summed E-state index contributed by atoms with van der Waals surface area (Å²) in [5.74, 6) is -0.0889. The molecule has 0 amide bonds. The number of benzene rings is 2. The van der Waals surface area contributed by atoms with Gasteiger partial charge in [-0.05, 0) is 51.0 Å². The monoisotopic (exact) mass is 714 g/mol. The number of rotatable bonds is 20. The van der Waals surface area contributed by atoms with Crippen molar-refractivity contribution in [3.05, 3.63) is 104 Å². The molecule has 49 heavy (non-hydrogen) atoms. The van der Waals surface area contributed by atoms with E-state index in [2.05, 4.69) is 24.0 Å². The SMILES string of the molecule is CCCCCCCCCC(=O)c1c(C)[nH]n(-c2ccccc2)c1=O.CCCCCCCCCC(=O)c1c(C)[nH]n(-c2ccccc2)c1=O.[Ni]. The fourth-order valence-corrected chi connectivity index (χ4v) is 6.00. The molecule has 0 bridgehead atoms. The summed E-state index contributed by atoms with van der Waals surface area (Å²) in [6.45, 7) is 8.00. The topological polar surface area (TPSA) is 110 Å². The van der Waals surface area contributed by atoms with Gasteiger partial charge in [-0.25, -0.2) is 9.36 Å². The molecule has 0 aliphatic rings. The predicted molar refractivity (Wildman–Crippen MR) is 196 cm³/mol. The van der Waals surface area contributed by atoms with Crippen LogP contribution in [-0.2, 0) is 16.5 Å². The number of carbonyl (C=O) groups is 2. The molecule has 270 valence electrons. The summed E-state index contributed by atoms with van der Waals surface area (Å²) in [5.41, 5.74) is 2.93. The summed E-state index contributed by atoms with van der Waals surface area (Å²) in [5, 5.41) is 6.04. The minimum Gasteiger partial charge on any atom is -0.295 e. The van der Waals surface area contributed by atoms with Crippen molar-refractivity contribution in [3.8, 4) is 11.4 Å². The maximum atomic E-state index is 12.5. The van der Waals surface area contributed by atoms with Gasteiger partial charge in [-0.2, -0.15) is 0 Å². The number of aryl methyl sites for hydroxylation is 2. The Hall–Kier alpha value is -3.71. The minimum absolute atomic E-state index is 0. The molecule has 4 rings (SSSR count). The molecule has 0 unspecified atom stereocenters. The molecule has 4 aromatic rings. The molecule has 2 aromatic heterocycles. The number of H-pyrrole nitrogens is 2. The zero-order valence-corrected chi connectivity index (χ0v) is 30.9. The van der Waals surface area contributed by atoms with Gasteiger partial charge in [0.25, 0.3) is 11.1 Å². The number of para-hydroxylation sites is 2. The van der Waals surface area contributed by atoms with Crippen LogP contribution in [0, 0.1) is 13.8 Å². The van der Waals surface area contributed by atoms with E-state index in [0.29, 0.717) is 35.4 Å². The van der Waals surface area contributed by atoms with Crippen LogP contribution >= 0.6 is 0 Å². The van der Waals surface area contributed by atoms with Gasteiger partial charge in [-0.15, -0.1) is 0 Å². The molecular formula is C40H56N4NiO4. The summed E-state index contributed by atoms with van der Waals surface area (Å²) in [7, 11) is 0. The van der Waals surface area contributed by atoms with Crippen LogP contribution in [0.2, 0.25) is 0 Å². The van der Waals surface area contributed by atoms with E-state index >= 15 is 0 Å². The summed E-state index contributed by atoms with van der Waals surface area (Å²) >= 11 is 0. The van der Waals surface area contributed by atoms with Crippen LogP contribution in [0.5, 0.6) is 0 Å². The number of Topliss-reactive ketones (excluding diaryl/α,β-unsaturated/α-hetero) is 2. The first kappa shape index (κ1) is 41.5. The van der Waals surface area contributed by atoms with Crippen molar-refractivity contribution in [3.63, 3.8) is 0 Å². The smallest absolute Gasteiger partial charge is 0.282 e. The Labute approximate surface area is 302 Å². The summed E-state index contributed by atoms with van der Waals surface area (Å²) in [4.78, 5) is 50.0. The third kappa shape index (κ3) is 12.9. The molecule has 2 aromatic carbocycles. The maximum Gasteiger partial charge on any atom is 0.282 e. The number of carbonyl (C=O) groups excluding carboxylic acids is 2. The Kier molecular flexibility index (Phi) is 19.3. The molecule has 2 N–H and O–H groups in total. The fraction of sp³-hybridized carbons (Fsp3) is 0.500. The zero-order chi connectivity index (χ0) is 34.7. The Balaban J connectivity index is 0.000000333. The molecule has 0 atom stereocenters. The Bertz CT molecular complexity index is 1530. The van der Waals surface area contributed by atoms with Crippen molar-refractivity contribution in [2.45, 2.75) is 130 Å². The molecule has 9 heteroatoms. The second-order valence-corrected chi connectivity index (χ2v) is 12.8. The second-order valence-electron chi connectivity index (χ2n) is 12.8. The Morgan fingerprint density at radius 3 is 1.14 bits per heavy atom. The van der Waals surface area contributed by atoms with E-state index in [4.69, 9.17) is 0 Å². The summed E-state index contributed by atoms with van der Waals surface area (Å²) in [6, 6.07) is 18.7. The molecule has 2 heterocycles. The summed E-state index contributed by atoms with van der Waals surface area (Å²) in [6.07, 6.45) is 17.2. The van der Waals surface area contributed by atoms with E-state index < -0.39 is 0 Å². The number of unbranched alkanes of at least 4 members (excludes halogenated alkanes) is 12. The first-order chi connectivity index (χ1) is 23.3. The standard InChI is InChI=1S/2C20H28N2O2.Ni/c2*1-3-4-5-6-7-8-12-15-18(23)19-16(2)21-22(20(19)24)17-13-10-9-11-14-17;/h2*9-11,13-14,21H,3-8,12,15H2,1-2H3;. The number of aromatic nitrogens is 4. The number of hydrogen-bond acceptors (Lipinski definition) is 4. The third-order valence-corrected chi connectivity index (χ3v) is 8.74. The van der Waals surface area contributed by atoms with Gasteiger partial charge in [-0.3, -0.25) is 29.4 Å². The van der Waals surface area contributed by atoms with Gasteiger partial charge in [-0.1, -0.05) is 127 Å². The Morgan fingerprint density at radius 1 is 0.510 bits per heavy atom. The van der Waals surface area contributed by atoms with E-state index in [1.807, 2.05) is 60.7 Å². The van der Waals surface area contributed by atoms with Crippen LogP contribution in [0.15, 0.2) is 70.3 Å². The molecule has 0 aliphatic carbocycles. The zero-order valence-electron chi connectivity index (χ0n) is 29.9. The van der Waals surface area contributed by atoms with Gasteiger partial charge < -0.3 is 0 Å². The van der Waals surface area contributed by atoms with Crippen molar-refractivity contribution in [2.24, 2.45) is 0 Å². The van der Waals surface area contributed by atoms with Gasteiger partial charge in [0.1, 0.15) is 11.1 Å². The molecule has 0 spiro atoms. The molecule has 8 nitrogen and oxygen atoms in total. The number of nitrogens with zero attached hydrogens (tertiary/aromatic N) is 2. The van der Waals surface area contributed by atoms with Crippen molar-refractivity contribution >= 4 is 11.6 Å². The number of hydrogen-bond donors (Lipinski definition) is 2. The molecule has 0 saturated carbocycles. The van der Waals surface area contributed by atoms with Crippen molar-refractivity contribution < 1.29 is 26.1 Å². The quantitative estimate of drug-likeness (QED) is 0.0540. The molecule has 0 aliphatic heterocycles. The maximum absolute atomic E-state index is 12.5. The van der Waals surface area contributed by atoms with Crippen molar-refractivity contribution in [1.29, 1.82) is 0 Å².